The summed E-state index contributed by atoms with van der Waals surface area (Å²) < 4.78 is 5.90. The van der Waals surface area contributed by atoms with Crippen LogP contribution in [0.3, 0.4) is 0 Å². The van der Waals surface area contributed by atoms with Crippen molar-refractivity contribution < 1.29 is 0 Å². The maximum absolute atomic E-state index is 12.2. The number of hydrogen-bond donors (Lipinski definition) is 0. The molecule has 2 aromatic rings. The quantitative estimate of drug-likeness (QED) is 0.792. The van der Waals surface area contributed by atoms with Crippen LogP contribution in [0, 0.1) is 11.8 Å². The van der Waals surface area contributed by atoms with Gasteiger partial charge in [-0.15, -0.1) is 0 Å². The average molecular weight is 387 g/mol. The van der Waals surface area contributed by atoms with Gasteiger partial charge in [-0.2, -0.15) is 0 Å². The van der Waals surface area contributed by atoms with E-state index < -0.39 is 0 Å². The zero-order chi connectivity index (χ0) is 18.6. The molecule has 4 rings (SSSR count). The van der Waals surface area contributed by atoms with Crippen LogP contribution in [0.1, 0.15) is 36.8 Å². The lowest BCUT2D eigenvalue weighted by Crippen LogP contribution is -2.41. The molecule has 0 N–H and O–H groups in total. The van der Waals surface area contributed by atoms with Gasteiger partial charge < -0.3 is 4.57 Å². The molecule has 2 aromatic heterocycles. The van der Waals surface area contributed by atoms with Crippen LogP contribution in [-0.2, 0) is 20.1 Å². The minimum atomic E-state index is 0.146. The molecule has 2 aliphatic rings. The molecule has 4 heterocycles. The first-order chi connectivity index (χ1) is 13.2. The largest absolute Gasteiger partial charge is 0.318 e. The Morgan fingerprint density at radius 2 is 1.67 bits per heavy atom. The highest BCUT2D eigenvalue weighted by molar-refractivity contribution is 7.03. The number of piperidine rings is 2. The van der Waals surface area contributed by atoms with Gasteiger partial charge in [0.1, 0.15) is 0 Å². The first kappa shape index (κ1) is 18.8. The van der Waals surface area contributed by atoms with Crippen molar-refractivity contribution in [2.24, 2.45) is 18.9 Å². The van der Waals surface area contributed by atoms with Gasteiger partial charge in [-0.05, 0) is 86.9 Å². The molecule has 0 aliphatic carbocycles. The minimum absolute atomic E-state index is 0.146. The lowest BCUT2D eigenvalue weighted by atomic mass is 9.78. The van der Waals surface area contributed by atoms with E-state index in [0.29, 0.717) is 0 Å². The van der Waals surface area contributed by atoms with Gasteiger partial charge in [-0.25, -0.2) is 4.37 Å². The van der Waals surface area contributed by atoms with Gasteiger partial charge >= 0.3 is 0 Å². The summed E-state index contributed by atoms with van der Waals surface area (Å²) in [7, 11) is 1.83. The van der Waals surface area contributed by atoms with Crippen molar-refractivity contribution in [3.8, 4) is 0 Å². The van der Waals surface area contributed by atoms with Crippen molar-refractivity contribution in [2.45, 2.75) is 38.8 Å². The Bertz CT molecular complexity index is 772. The molecule has 2 fully saturated rings. The van der Waals surface area contributed by atoms with Crippen LogP contribution in [0.4, 0.5) is 0 Å². The van der Waals surface area contributed by atoms with Gasteiger partial charge in [0.2, 0.25) is 0 Å². The second-order valence-electron chi connectivity index (χ2n) is 8.21. The topological polar surface area (TPSA) is 41.4 Å². The molecule has 0 bridgehead atoms. The average Bonchev–Trinajstić information content (AvgIpc) is 3.20. The van der Waals surface area contributed by atoms with Crippen molar-refractivity contribution in [1.82, 2.24) is 18.7 Å². The van der Waals surface area contributed by atoms with Gasteiger partial charge in [-0.3, -0.25) is 14.6 Å². The number of rotatable bonds is 5. The normalized spacial score (nSPS) is 20.9. The fourth-order valence-corrected chi connectivity index (χ4v) is 5.27. The molecule has 5 nitrogen and oxygen atoms in total. The molecule has 0 amide bonds. The third-order valence-corrected chi connectivity index (χ3v) is 7.05. The van der Waals surface area contributed by atoms with Crippen molar-refractivity contribution in [3.63, 3.8) is 0 Å². The van der Waals surface area contributed by atoms with E-state index in [9.17, 15) is 4.79 Å². The Labute approximate surface area is 165 Å². The van der Waals surface area contributed by atoms with Gasteiger partial charge in [0.05, 0.1) is 0 Å². The molecular formula is C21H30N4OS. The van der Waals surface area contributed by atoms with Crippen LogP contribution in [0.5, 0.6) is 0 Å². The molecule has 2 saturated heterocycles. The summed E-state index contributed by atoms with van der Waals surface area (Å²) in [6, 6.07) is 3.95. The summed E-state index contributed by atoms with van der Waals surface area (Å²) in [5.74, 6) is 1.75. The van der Waals surface area contributed by atoms with Crippen LogP contribution in [0.2, 0.25) is 0 Å². The standard InChI is InChI=1S/C21H30N4OS/c1-23-8-2-3-20(21(23)26)15-25-11-6-19(7-12-25)18-4-9-24(10-5-18)14-17-13-22-27-16-17/h2-3,8,13,16,18-19H,4-7,9-12,14-15H2,1H3. The van der Waals surface area contributed by atoms with Crippen LogP contribution in [0.15, 0.2) is 34.7 Å². The predicted molar refractivity (Wildman–Crippen MR) is 110 cm³/mol. The van der Waals surface area contributed by atoms with Crippen LogP contribution in [0.25, 0.3) is 0 Å². The fourth-order valence-electron chi connectivity index (χ4n) is 4.74. The number of pyridine rings is 1. The monoisotopic (exact) mass is 386 g/mol. The van der Waals surface area contributed by atoms with Gasteiger partial charge in [0.15, 0.2) is 0 Å². The summed E-state index contributed by atoms with van der Waals surface area (Å²) in [6.07, 6.45) is 9.08. The van der Waals surface area contributed by atoms with E-state index in [2.05, 4.69) is 19.6 Å². The van der Waals surface area contributed by atoms with E-state index in [0.717, 1.165) is 43.6 Å². The van der Waals surface area contributed by atoms with Crippen LogP contribution in [-0.4, -0.2) is 44.9 Å². The number of hydrogen-bond acceptors (Lipinski definition) is 5. The van der Waals surface area contributed by atoms with E-state index in [-0.39, 0.29) is 5.56 Å². The molecule has 146 valence electrons. The Morgan fingerprint density at radius 3 is 2.26 bits per heavy atom. The molecule has 0 atom stereocenters. The van der Waals surface area contributed by atoms with E-state index >= 15 is 0 Å². The summed E-state index contributed by atoms with van der Waals surface area (Å²) >= 11 is 1.55. The predicted octanol–water partition coefficient (Wildman–Crippen LogP) is 2.97. The molecule has 2 aliphatic heterocycles. The first-order valence-corrected chi connectivity index (χ1v) is 11.0. The van der Waals surface area contributed by atoms with Crippen molar-refractivity contribution >= 4 is 11.5 Å². The third kappa shape index (κ3) is 4.68. The van der Waals surface area contributed by atoms with Gasteiger partial charge in [-0.1, -0.05) is 6.07 Å². The summed E-state index contributed by atoms with van der Waals surface area (Å²) in [5, 5.41) is 2.17. The third-order valence-electron chi connectivity index (χ3n) is 6.42. The summed E-state index contributed by atoms with van der Waals surface area (Å²) in [6.45, 7) is 6.57. The Hall–Kier alpha value is -1.50. The molecule has 0 aromatic carbocycles. The van der Waals surface area contributed by atoms with E-state index in [1.165, 1.54) is 44.3 Å². The highest BCUT2D eigenvalue weighted by atomic mass is 32.1. The minimum Gasteiger partial charge on any atom is -0.318 e. The maximum atomic E-state index is 12.2. The molecule has 0 radical (unpaired) electrons. The molecule has 0 spiro atoms. The van der Waals surface area contributed by atoms with Gasteiger partial charge in [0.25, 0.3) is 5.56 Å². The first-order valence-electron chi connectivity index (χ1n) is 10.2. The van der Waals surface area contributed by atoms with E-state index in [1.807, 2.05) is 31.6 Å². The molecular weight excluding hydrogens is 356 g/mol. The number of aryl methyl sites for hydroxylation is 1. The molecule has 27 heavy (non-hydrogen) atoms. The number of nitrogens with zero attached hydrogens (tertiary/aromatic N) is 4. The highest BCUT2D eigenvalue weighted by Crippen LogP contribution is 2.33. The second kappa shape index (κ2) is 8.67. The lowest BCUT2D eigenvalue weighted by Gasteiger charge is -2.40. The Balaban J connectivity index is 1.23. The SMILES string of the molecule is Cn1cccc(CN2CCC(C3CCN(Cc4cnsc4)CC3)CC2)c1=O. The van der Waals surface area contributed by atoms with Crippen LogP contribution < -0.4 is 5.56 Å². The molecule has 6 heteroatoms. The number of aromatic nitrogens is 2. The van der Waals surface area contributed by atoms with E-state index in [4.69, 9.17) is 0 Å². The molecule has 0 saturated carbocycles. The van der Waals surface area contributed by atoms with Crippen LogP contribution >= 0.6 is 11.5 Å². The summed E-state index contributed by atoms with van der Waals surface area (Å²) in [4.78, 5) is 17.3. The lowest BCUT2D eigenvalue weighted by molar-refractivity contribution is 0.0908. The smallest absolute Gasteiger partial charge is 0.254 e. The van der Waals surface area contributed by atoms with Crippen molar-refractivity contribution in [1.29, 1.82) is 0 Å². The Kier molecular flexibility index (Phi) is 6.05. The number of likely N-dealkylation sites (tertiary alicyclic amines) is 2. The van der Waals surface area contributed by atoms with Crippen molar-refractivity contribution in [2.75, 3.05) is 26.2 Å². The fraction of sp³-hybridized carbons (Fsp3) is 0.619. The second-order valence-corrected chi connectivity index (χ2v) is 8.87. The van der Waals surface area contributed by atoms with Crippen molar-refractivity contribution in [3.05, 3.63) is 51.4 Å². The van der Waals surface area contributed by atoms with E-state index in [1.54, 1.807) is 16.1 Å². The Morgan fingerprint density at radius 1 is 1.04 bits per heavy atom. The summed E-state index contributed by atoms with van der Waals surface area (Å²) in [5.41, 5.74) is 2.43. The molecule has 0 unspecified atom stereocenters. The zero-order valence-electron chi connectivity index (χ0n) is 16.2. The zero-order valence-corrected chi connectivity index (χ0v) is 17.0. The highest BCUT2D eigenvalue weighted by Gasteiger charge is 2.29. The van der Waals surface area contributed by atoms with Gasteiger partial charge in [0, 0.05) is 43.5 Å². The maximum Gasteiger partial charge on any atom is 0.254 e.